The first kappa shape index (κ1) is 13.6. The molecule has 2 aromatic rings. The van der Waals surface area contributed by atoms with Gasteiger partial charge in [-0.25, -0.2) is 9.78 Å². The molecule has 102 valence electrons. The minimum absolute atomic E-state index is 0.130. The largest absolute Gasteiger partial charge is 0.477 e. The fourth-order valence-corrected chi connectivity index (χ4v) is 2.05. The Morgan fingerprint density at radius 1 is 1.30 bits per heavy atom. The molecule has 0 aromatic carbocycles. The number of nitrogens with one attached hydrogen (secondary N) is 1. The zero-order valence-electron chi connectivity index (χ0n) is 9.77. The first-order valence-corrected chi connectivity index (χ1v) is 6.04. The summed E-state index contributed by atoms with van der Waals surface area (Å²) in [6, 6.07) is 5.22. The molecule has 20 heavy (non-hydrogen) atoms. The van der Waals surface area contributed by atoms with Gasteiger partial charge in [0.2, 0.25) is 0 Å². The monoisotopic (exact) mass is 293 g/mol. The van der Waals surface area contributed by atoms with Gasteiger partial charge in [0.25, 0.3) is 5.91 Å². The number of carbonyl (C=O) groups excluding carboxylic acids is 1. The van der Waals surface area contributed by atoms with Gasteiger partial charge in [0.1, 0.15) is 5.69 Å². The number of aromatic carboxylic acids is 1. The molecule has 9 heteroatoms. The molecular formula is C11H7N3O5S. The van der Waals surface area contributed by atoms with Gasteiger partial charge in [-0.05, 0) is 18.2 Å². The number of rotatable bonds is 4. The lowest BCUT2D eigenvalue weighted by Gasteiger charge is -2.02. The fourth-order valence-electron chi connectivity index (χ4n) is 1.33. The maximum absolute atomic E-state index is 11.8. The van der Waals surface area contributed by atoms with Gasteiger partial charge in [0, 0.05) is 6.07 Å². The number of amides is 1. The summed E-state index contributed by atoms with van der Waals surface area (Å²) in [6.45, 7) is 0. The normalized spacial score (nSPS) is 10.0. The third kappa shape index (κ3) is 2.95. The van der Waals surface area contributed by atoms with Crippen LogP contribution in [0.25, 0.3) is 0 Å². The van der Waals surface area contributed by atoms with Gasteiger partial charge in [-0.2, -0.15) is 0 Å². The zero-order valence-corrected chi connectivity index (χ0v) is 10.6. The maximum atomic E-state index is 11.8. The average Bonchev–Trinajstić information content (AvgIpc) is 2.89. The zero-order chi connectivity index (χ0) is 14.7. The van der Waals surface area contributed by atoms with E-state index in [-0.39, 0.29) is 15.6 Å². The molecule has 0 unspecified atom stereocenters. The van der Waals surface area contributed by atoms with Crippen molar-refractivity contribution in [2.75, 3.05) is 5.32 Å². The number of carbonyl (C=O) groups is 2. The Kier molecular flexibility index (Phi) is 3.71. The second-order valence-corrected chi connectivity index (χ2v) is 4.65. The molecule has 0 radical (unpaired) electrons. The third-order valence-corrected chi connectivity index (χ3v) is 3.27. The summed E-state index contributed by atoms with van der Waals surface area (Å²) in [7, 11) is 0. The lowest BCUT2D eigenvalue weighted by atomic mass is 10.3. The predicted octanol–water partition coefficient (Wildman–Crippen LogP) is 2.00. The van der Waals surface area contributed by atoms with Gasteiger partial charge in [-0.3, -0.25) is 14.9 Å². The van der Waals surface area contributed by atoms with Crippen LogP contribution in [-0.2, 0) is 0 Å². The van der Waals surface area contributed by atoms with Gasteiger partial charge in [-0.15, -0.1) is 0 Å². The Balaban J connectivity index is 2.10. The first-order valence-electron chi connectivity index (χ1n) is 5.22. The van der Waals surface area contributed by atoms with E-state index in [1.807, 2.05) is 0 Å². The molecule has 0 bridgehead atoms. The van der Waals surface area contributed by atoms with E-state index in [0.29, 0.717) is 5.69 Å². The highest BCUT2D eigenvalue weighted by Gasteiger charge is 2.15. The van der Waals surface area contributed by atoms with Gasteiger partial charge >= 0.3 is 11.0 Å². The second-order valence-electron chi connectivity index (χ2n) is 3.59. The van der Waals surface area contributed by atoms with Crippen molar-refractivity contribution in [3.63, 3.8) is 0 Å². The van der Waals surface area contributed by atoms with Crippen LogP contribution in [0.5, 0.6) is 0 Å². The van der Waals surface area contributed by atoms with Crippen LogP contribution in [0.15, 0.2) is 30.5 Å². The molecule has 0 aliphatic rings. The molecule has 8 nitrogen and oxygen atoms in total. The number of nitro groups is 1. The van der Waals surface area contributed by atoms with E-state index in [9.17, 15) is 19.7 Å². The van der Waals surface area contributed by atoms with Gasteiger partial charge in [0.05, 0.1) is 21.7 Å². The summed E-state index contributed by atoms with van der Waals surface area (Å²) >= 11 is 0.751. The van der Waals surface area contributed by atoms with Crippen LogP contribution < -0.4 is 5.32 Å². The van der Waals surface area contributed by atoms with E-state index in [1.54, 1.807) is 0 Å². The highest BCUT2D eigenvalue weighted by Crippen LogP contribution is 2.24. The van der Waals surface area contributed by atoms with Gasteiger partial charge in [-0.1, -0.05) is 11.3 Å². The lowest BCUT2D eigenvalue weighted by Crippen LogP contribution is -2.11. The maximum Gasteiger partial charge on any atom is 0.354 e. The average molecular weight is 293 g/mol. The summed E-state index contributed by atoms with van der Waals surface area (Å²) in [5, 5.41) is 21.5. The third-order valence-electron chi connectivity index (χ3n) is 2.24. The summed E-state index contributed by atoms with van der Waals surface area (Å²) in [5.41, 5.74) is 0.158. The van der Waals surface area contributed by atoms with Crippen LogP contribution in [0.3, 0.4) is 0 Å². The van der Waals surface area contributed by atoms with Crippen molar-refractivity contribution in [3.05, 3.63) is 51.1 Å². The van der Waals surface area contributed by atoms with Gasteiger partial charge in [0.15, 0.2) is 0 Å². The van der Waals surface area contributed by atoms with Crippen LogP contribution in [-0.4, -0.2) is 26.9 Å². The number of nitrogens with zero attached hydrogens (tertiary/aromatic N) is 2. The Bertz CT molecular complexity index is 680. The van der Waals surface area contributed by atoms with Crippen molar-refractivity contribution < 1.29 is 19.6 Å². The van der Waals surface area contributed by atoms with Crippen LogP contribution in [0.2, 0.25) is 0 Å². The molecule has 0 spiro atoms. The number of anilines is 1. The van der Waals surface area contributed by atoms with Gasteiger partial charge < -0.3 is 10.4 Å². The van der Waals surface area contributed by atoms with Crippen LogP contribution in [0.4, 0.5) is 10.7 Å². The summed E-state index contributed by atoms with van der Waals surface area (Å²) in [6.07, 6.45) is 1.20. The molecule has 0 saturated carbocycles. The number of carboxylic acids is 1. The number of aromatic nitrogens is 1. The number of hydrogen-bond acceptors (Lipinski definition) is 6. The van der Waals surface area contributed by atoms with E-state index in [4.69, 9.17) is 5.11 Å². The van der Waals surface area contributed by atoms with E-state index >= 15 is 0 Å². The second kappa shape index (κ2) is 5.45. The van der Waals surface area contributed by atoms with E-state index < -0.39 is 16.8 Å². The lowest BCUT2D eigenvalue weighted by molar-refractivity contribution is -0.380. The minimum Gasteiger partial charge on any atom is -0.477 e. The molecule has 0 fully saturated rings. The smallest absolute Gasteiger partial charge is 0.354 e. The predicted molar refractivity (Wildman–Crippen MR) is 70.1 cm³/mol. The highest BCUT2D eigenvalue weighted by molar-refractivity contribution is 7.17. The van der Waals surface area contributed by atoms with Crippen molar-refractivity contribution in [2.45, 2.75) is 0 Å². The van der Waals surface area contributed by atoms with Crippen molar-refractivity contribution in [3.8, 4) is 0 Å². The van der Waals surface area contributed by atoms with Crippen LogP contribution in [0, 0.1) is 10.1 Å². The van der Waals surface area contributed by atoms with Crippen molar-refractivity contribution in [1.82, 2.24) is 4.98 Å². The number of hydrogen-bond donors (Lipinski definition) is 2. The summed E-state index contributed by atoms with van der Waals surface area (Å²) < 4.78 is 0. The Labute approximate surface area is 115 Å². The Morgan fingerprint density at radius 3 is 2.55 bits per heavy atom. The molecule has 0 aliphatic carbocycles. The van der Waals surface area contributed by atoms with Crippen molar-refractivity contribution >= 4 is 33.9 Å². The first-order chi connectivity index (χ1) is 9.47. The number of thiophene rings is 1. The fraction of sp³-hybridized carbons (Fsp3) is 0. The van der Waals surface area contributed by atoms with Crippen molar-refractivity contribution in [1.29, 1.82) is 0 Å². The Hall–Kier alpha value is -2.81. The van der Waals surface area contributed by atoms with Crippen molar-refractivity contribution in [2.24, 2.45) is 0 Å². The molecule has 2 N–H and O–H groups in total. The Morgan fingerprint density at radius 2 is 2.05 bits per heavy atom. The molecular weight excluding hydrogens is 286 g/mol. The topological polar surface area (TPSA) is 122 Å². The molecule has 0 saturated heterocycles. The van der Waals surface area contributed by atoms with E-state index in [0.717, 1.165) is 11.3 Å². The molecule has 0 atom stereocenters. The SMILES string of the molecule is O=C(O)c1ccc(NC(=O)c2ccc([N+](=O)[O-])s2)cn1. The summed E-state index contributed by atoms with van der Waals surface area (Å²) in [5.74, 6) is -1.69. The molecule has 1 amide bonds. The quantitative estimate of drug-likeness (QED) is 0.656. The molecule has 0 aliphatic heterocycles. The van der Waals surface area contributed by atoms with E-state index in [2.05, 4.69) is 10.3 Å². The summed E-state index contributed by atoms with van der Waals surface area (Å²) in [4.78, 5) is 36.2. The minimum atomic E-state index is -1.17. The van der Waals surface area contributed by atoms with Crippen LogP contribution >= 0.6 is 11.3 Å². The van der Waals surface area contributed by atoms with E-state index in [1.165, 1.54) is 30.5 Å². The highest BCUT2D eigenvalue weighted by atomic mass is 32.1. The molecule has 2 rings (SSSR count). The number of carboxylic acid groups (broad SMARTS) is 1. The molecule has 2 heterocycles. The van der Waals surface area contributed by atoms with Crippen LogP contribution in [0.1, 0.15) is 20.2 Å². The molecule has 2 aromatic heterocycles. The standard InChI is InChI=1S/C11H7N3O5S/c15-10(8-3-4-9(20-8)14(18)19)13-6-1-2-7(11(16)17)12-5-6/h1-5H,(H,13,15)(H,16,17). The number of pyridine rings is 1.